The Morgan fingerprint density at radius 1 is 0.589 bits per heavy atom. The van der Waals surface area contributed by atoms with E-state index in [0.29, 0.717) is 17.1 Å². The van der Waals surface area contributed by atoms with Gasteiger partial charge < -0.3 is 40.3 Å². The molecule has 1 aliphatic rings. The molecule has 0 amide bonds. The molecular weight excluding hydrogens is 925 g/mol. The number of hydrogen-bond donors (Lipinski definition) is 7. The molecular formula is C56H100N10O7+2. The number of unbranched alkanes of at least 4 members (excludes halogenated alkanes) is 18. The van der Waals surface area contributed by atoms with E-state index in [0.717, 1.165) is 64.5 Å². The zero-order valence-electron chi connectivity index (χ0n) is 45.8. The third-order valence-electron chi connectivity index (χ3n) is 12.2. The number of hydrogen-bond acceptors (Lipinski definition) is 15. The maximum atomic E-state index is 12.2. The van der Waals surface area contributed by atoms with Gasteiger partial charge in [0.1, 0.15) is 36.5 Å². The highest BCUT2D eigenvalue weighted by Gasteiger charge is 2.49. The van der Waals surface area contributed by atoms with Crippen LogP contribution in [0.2, 0.25) is 0 Å². The summed E-state index contributed by atoms with van der Waals surface area (Å²) in [5, 5.41) is 15.0. The molecule has 1 rings (SSSR count). The van der Waals surface area contributed by atoms with Crippen molar-refractivity contribution in [3.63, 3.8) is 0 Å². The second kappa shape index (κ2) is 46.9. The molecule has 73 heavy (non-hydrogen) atoms. The number of nitrogens with zero attached hydrogens (tertiary/aromatic N) is 3. The standard InChI is InChI=1S/C56H98N10O7/c1-6-8-10-12-14-16-18-20-22-24-26-28-30-32-34-36-38-60-40-50(63-57)43-66(44-51(64-58)41-61-39-37-35-33-31-29-27-25-23-21-19-17-15-13-11-9-7-2)45-52(65-59)42-62-56-55(72-49(5)69)54(71-48(4)68)53(73-56)46-70-47(3)67/h14-17,20-23,40-42,53-58,60-62,65H,6-13,18-19,24-39,43-46,59H2,1-5H3/p+2/b16-14-,17-15-,22-20-,23-21-,50-40-,51-41-,52-42-,63-57?,64-58?/t53-,54?,55?,56-/m1/s1. The fourth-order valence-electron chi connectivity index (χ4n) is 8.22. The molecule has 0 saturated carbocycles. The highest BCUT2D eigenvalue weighted by atomic mass is 16.7. The van der Waals surface area contributed by atoms with Crippen LogP contribution < -0.4 is 27.2 Å². The largest absolute Gasteiger partial charge is 0.463 e. The Bertz CT molecular complexity index is 1620. The fourth-order valence-corrected chi connectivity index (χ4v) is 8.22. The minimum Gasteiger partial charge on any atom is -0.463 e. The summed E-state index contributed by atoms with van der Waals surface area (Å²) in [6.45, 7) is 10.4. The van der Waals surface area contributed by atoms with Gasteiger partial charge in [-0.05, 0) is 89.9 Å². The lowest BCUT2D eigenvalue weighted by molar-refractivity contribution is -0.589. The van der Waals surface area contributed by atoms with Gasteiger partial charge in [-0.15, -0.1) is 0 Å². The number of nitrogens with two attached hydrogens (primary N) is 3. The molecule has 0 bridgehead atoms. The van der Waals surface area contributed by atoms with Crippen LogP contribution in [0.15, 0.2) is 94.5 Å². The van der Waals surface area contributed by atoms with Gasteiger partial charge >= 0.3 is 17.9 Å². The van der Waals surface area contributed by atoms with Gasteiger partial charge in [-0.2, -0.15) is 10.2 Å². The first-order valence-electron chi connectivity index (χ1n) is 27.7. The number of carbonyl (C=O) groups is 3. The summed E-state index contributed by atoms with van der Waals surface area (Å²) < 4.78 is 22.3. The summed E-state index contributed by atoms with van der Waals surface area (Å²) in [5.41, 5.74) is 20.3. The van der Waals surface area contributed by atoms with Crippen molar-refractivity contribution < 1.29 is 44.0 Å². The Labute approximate surface area is 440 Å². The average Bonchev–Trinajstić information content (AvgIpc) is 3.68. The molecule has 0 aromatic carbocycles. The third kappa shape index (κ3) is 37.6. The second-order valence-corrected chi connectivity index (χ2v) is 18.9. The van der Waals surface area contributed by atoms with Crippen molar-refractivity contribution in [2.75, 3.05) is 39.3 Å². The van der Waals surface area contributed by atoms with Gasteiger partial charge in [0.15, 0.2) is 18.4 Å². The Kier molecular flexibility index (Phi) is 42.6. The van der Waals surface area contributed by atoms with Crippen molar-refractivity contribution in [3.8, 4) is 0 Å². The molecule has 0 aromatic rings. The molecule has 0 spiro atoms. The van der Waals surface area contributed by atoms with Gasteiger partial charge in [0.25, 0.3) is 0 Å². The van der Waals surface area contributed by atoms with Crippen molar-refractivity contribution in [1.82, 2.24) is 15.6 Å². The molecule has 10 N–H and O–H groups in total. The van der Waals surface area contributed by atoms with Crippen LogP contribution in [0.1, 0.15) is 189 Å². The van der Waals surface area contributed by atoms with E-state index in [1.165, 1.54) is 124 Å². The van der Waals surface area contributed by atoms with E-state index in [-0.39, 0.29) is 26.2 Å². The molecule has 1 heterocycles. The van der Waals surface area contributed by atoms with Crippen molar-refractivity contribution in [2.45, 2.75) is 213 Å². The van der Waals surface area contributed by atoms with Crippen LogP contribution in [0.25, 0.3) is 0 Å². The van der Waals surface area contributed by atoms with Crippen LogP contribution in [0.5, 0.6) is 0 Å². The summed E-state index contributed by atoms with van der Waals surface area (Å²) in [5.74, 6) is 4.26. The lowest BCUT2D eigenvalue weighted by atomic mass is 10.1. The molecule has 4 atom stereocenters. The lowest BCUT2D eigenvalue weighted by Crippen LogP contribution is -2.78. The summed E-state index contributed by atoms with van der Waals surface area (Å²) in [4.78, 5) is 37.8. The molecule has 17 heteroatoms. The Hall–Kier alpha value is -4.81. The van der Waals surface area contributed by atoms with E-state index in [9.17, 15) is 14.4 Å². The molecule has 2 unspecified atom stereocenters. The zero-order chi connectivity index (χ0) is 53.4. The Balaban J connectivity index is 2.88. The summed E-state index contributed by atoms with van der Waals surface area (Å²) in [6.07, 6.45) is 48.2. The van der Waals surface area contributed by atoms with Crippen molar-refractivity contribution >= 4 is 17.9 Å². The normalized spacial score (nSPS) is 17.7. The van der Waals surface area contributed by atoms with Crippen molar-refractivity contribution in [1.29, 1.82) is 11.1 Å². The van der Waals surface area contributed by atoms with E-state index in [4.69, 9.17) is 35.9 Å². The predicted octanol–water partition coefficient (Wildman–Crippen LogP) is 9.83. The van der Waals surface area contributed by atoms with Gasteiger partial charge in [-0.25, -0.2) is 11.1 Å². The van der Waals surface area contributed by atoms with Crippen LogP contribution in [0.4, 0.5) is 0 Å². The molecule has 0 radical (unpaired) electrons. The quantitative estimate of drug-likeness (QED) is 0.00575. The average molecular weight is 1030 g/mol. The maximum Gasteiger partial charge on any atom is 0.303 e. The highest BCUT2D eigenvalue weighted by Crippen LogP contribution is 2.27. The summed E-state index contributed by atoms with van der Waals surface area (Å²) in [6, 6.07) is 0. The van der Waals surface area contributed by atoms with Gasteiger partial charge in [0, 0.05) is 46.6 Å². The van der Waals surface area contributed by atoms with Gasteiger partial charge in [-0.1, -0.05) is 127 Å². The molecule has 17 nitrogen and oxygen atoms in total. The van der Waals surface area contributed by atoms with E-state index in [1.54, 1.807) is 6.20 Å². The number of nitrogens with one attached hydrogen (secondary N) is 4. The van der Waals surface area contributed by atoms with Gasteiger partial charge in [0.2, 0.25) is 0 Å². The smallest absolute Gasteiger partial charge is 0.303 e. The minimum atomic E-state index is -1.08. The number of allylic oxidation sites excluding steroid dienone is 8. The van der Waals surface area contributed by atoms with E-state index < -0.39 is 42.4 Å². The first kappa shape index (κ1) is 66.2. The number of carbonyl (C=O) groups excluding carboxylic acids is 3. The topological polar surface area (TPSA) is 247 Å². The van der Waals surface area contributed by atoms with E-state index in [1.807, 2.05) is 17.3 Å². The zero-order valence-corrected chi connectivity index (χ0v) is 45.8. The first-order chi connectivity index (χ1) is 35.6. The second-order valence-electron chi connectivity index (χ2n) is 18.9. The number of hydrazine groups is 1. The monoisotopic (exact) mass is 1020 g/mol. The van der Waals surface area contributed by atoms with Crippen LogP contribution in [0.3, 0.4) is 0 Å². The Morgan fingerprint density at radius 3 is 1.42 bits per heavy atom. The summed E-state index contributed by atoms with van der Waals surface area (Å²) >= 11 is 0. The first-order valence-corrected chi connectivity index (χ1v) is 27.7. The fraction of sp³-hybridized carbons (Fsp3) is 0.696. The highest BCUT2D eigenvalue weighted by molar-refractivity contribution is 5.68. The van der Waals surface area contributed by atoms with Crippen LogP contribution in [-0.2, 0) is 33.3 Å². The SMILES string of the molecule is CCCCC/C=C\C/C=C\CCCCCCCC[NH2+]/C=C(/CN(C/C(=C/[NH2+]CCCCCCCC/C=C\C/C=C\CCCCC)N=N)C/C(=C/N[C@@H]1O[C@H](COC(C)=O)C(OC(C)=O)C1OC(C)=O)NN)N=N. The van der Waals surface area contributed by atoms with E-state index in [2.05, 4.69) is 94.1 Å². The number of rotatable bonds is 47. The van der Waals surface area contributed by atoms with Crippen molar-refractivity contribution in [2.24, 2.45) is 16.1 Å². The Morgan fingerprint density at radius 2 is 1.01 bits per heavy atom. The number of quaternary nitrogens is 2. The van der Waals surface area contributed by atoms with Crippen LogP contribution in [0, 0.1) is 11.1 Å². The minimum absolute atomic E-state index is 0.205. The van der Waals surface area contributed by atoms with Crippen LogP contribution in [-0.4, -0.2) is 86.7 Å². The third-order valence-corrected chi connectivity index (χ3v) is 12.2. The van der Waals surface area contributed by atoms with Gasteiger partial charge in [0.05, 0.1) is 18.8 Å². The molecule has 0 aliphatic carbocycles. The van der Waals surface area contributed by atoms with Crippen LogP contribution >= 0.6 is 0 Å². The molecule has 0 aromatic heterocycles. The predicted molar refractivity (Wildman–Crippen MR) is 290 cm³/mol. The summed E-state index contributed by atoms with van der Waals surface area (Å²) in [7, 11) is 0. The van der Waals surface area contributed by atoms with Gasteiger partial charge in [-0.3, -0.25) is 25.1 Å². The molecule has 414 valence electrons. The maximum absolute atomic E-state index is 12.2. The molecule has 1 fully saturated rings. The van der Waals surface area contributed by atoms with E-state index >= 15 is 0 Å². The number of esters is 3. The lowest BCUT2D eigenvalue weighted by Gasteiger charge is -2.25. The van der Waals surface area contributed by atoms with Crippen molar-refractivity contribution in [3.05, 3.63) is 84.3 Å². The molecule has 1 aliphatic heterocycles. The molecule has 1 saturated heterocycles. The number of ether oxygens (including phenoxy) is 4.